The van der Waals surface area contributed by atoms with Crippen LogP contribution in [0.25, 0.3) is 10.1 Å². The van der Waals surface area contributed by atoms with Crippen LogP contribution in [-0.2, 0) is 10.5 Å². The van der Waals surface area contributed by atoms with Crippen LogP contribution >= 0.6 is 11.8 Å². The minimum atomic E-state index is -0.279. The van der Waals surface area contributed by atoms with Crippen LogP contribution in [0, 0.1) is 18.3 Å². The first kappa shape index (κ1) is 18.8. The quantitative estimate of drug-likeness (QED) is 0.538. The topological polar surface area (TPSA) is 63.0 Å². The van der Waals surface area contributed by atoms with Crippen molar-refractivity contribution in [3.63, 3.8) is 0 Å². The third-order valence-electron chi connectivity index (χ3n) is 3.31. The van der Waals surface area contributed by atoms with Gasteiger partial charge in [-0.25, -0.2) is 0 Å². The molecule has 0 radical (unpaired) electrons. The van der Waals surface area contributed by atoms with Crippen molar-refractivity contribution in [1.82, 2.24) is 4.98 Å². The van der Waals surface area contributed by atoms with Crippen LogP contribution in [0.1, 0.15) is 46.8 Å². The van der Waals surface area contributed by atoms with Crippen molar-refractivity contribution in [3.8, 4) is 16.2 Å². The molecule has 2 rings (SSSR count). The van der Waals surface area contributed by atoms with Crippen molar-refractivity contribution in [2.45, 2.75) is 38.7 Å². The predicted molar refractivity (Wildman–Crippen MR) is 98.5 cm³/mol. The summed E-state index contributed by atoms with van der Waals surface area (Å²) in [5.41, 5.74) is 3.37. The summed E-state index contributed by atoms with van der Waals surface area (Å²) in [7, 11) is 0. The van der Waals surface area contributed by atoms with Gasteiger partial charge in [-0.15, -0.1) is 0 Å². The van der Waals surface area contributed by atoms with E-state index in [1.165, 1.54) is 0 Å². The van der Waals surface area contributed by atoms with E-state index in [-0.39, 0.29) is 20.5 Å². The molecule has 0 aliphatic heterocycles. The summed E-state index contributed by atoms with van der Waals surface area (Å²) in [4.78, 5) is 16.5. The standard InChI is InChI=1S/C18H20N2O2SSe/c1-5-22-18(21)16-12(4)20-17(24-16)13-6-7-14(10-23-11(2)3)15(8-13)9-19/h6-8,11H,5,10H2,1-4H3. The first-order chi connectivity index (χ1) is 11.5. The van der Waals surface area contributed by atoms with E-state index >= 15 is 0 Å². The first-order valence-corrected chi connectivity index (χ1v) is 10.5. The summed E-state index contributed by atoms with van der Waals surface area (Å²) in [6.45, 7) is 8.28. The second kappa shape index (κ2) is 8.53. The van der Waals surface area contributed by atoms with Gasteiger partial charge >= 0.3 is 153 Å². The zero-order valence-corrected chi connectivity index (χ0v) is 16.8. The molecule has 1 aromatic heterocycles. The number of rotatable bonds is 6. The number of hydrogen-bond acceptors (Lipinski definition) is 5. The number of nitriles is 1. The van der Waals surface area contributed by atoms with Gasteiger partial charge in [0, 0.05) is 0 Å². The number of carbonyl (C=O) groups excluding carboxylic acids is 1. The molecule has 0 aliphatic carbocycles. The van der Waals surface area contributed by atoms with Gasteiger partial charge in [0.15, 0.2) is 0 Å². The Morgan fingerprint density at radius 1 is 1.46 bits per heavy atom. The van der Waals surface area contributed by atoms with E-state index in [9.17, 15) is 10.1 Å². The zero-order valence-electron chi connectivity index (χ0n) is 14.3. The van der Waals surface area contributed by atoms with Crippen LogP contribution in [0.3, 0.4) is 0 Å². The van der Waals surface area contributed by atoms with Crippen LogP contribution in [-0.4, -0.2) is 37.3 Å². The van der Waals surface area contributed by atoms with E-state index in [1.807, 2.05) is 36.9 Å². The molecule has 6 heteroatoms. The van der Waals surface area contributed by atoms with Gasteiger partial charge in [0.25, 0.3) is 0 Å². The van der Waals surface area contributed by atoms with E-state index in [0.717, 1.165) is 27.1 Å². The number of hydrogen-bond donors (Lipinski definition) is 0. The maximum absolute atomic E-state index is 12.0. The molecule has 0 saturated carbocycles. The van der Waals surface area contributed by atoms with Gasteiger partial charge < -0.3 is 0 Å². The predicted octanol–water partition coefficient (Wildman–Crippen LogP) is 3.80. The number of carbonyl (C=O) groups is 1. The molecule has 1 heterocycles. The molecule has 0 unspecified atom stereocenters. The molecule has 0 saturated heterocycles. The Labute approximate surface area is 153 Å². The van der Waals surface area contributed by atoms with Crippen molar-refractivity contribution in [2.75, 3.05) is 6.61 Å². The normalized spacial score (nSPS) is 10.7. The number of thioether (sulfide) groups is 1. The average molecular weight is 407 g/mol. The Morgan fingerprint density at radius 2 is 2.21 bits per heavy atom. The molecule has 0 N–H and O–H groups in total. The van der Waals surface area contributed by atoms with Crippen LogP contribution in [0.2, 0.25) is 0 Å². The molecule has 0 aliphatic rings. The minimum absolute atomic E-state index is 0.183. The molecule has 0 atom stereocenters. The Morgan fingerprint density at radius 3 is 2.83 bits per heavy atom. The van der Waals surface area contributed by atoms with E-state index < -0.39 is 0 Å². The Hall–Kier alpha value is -1.54. The molecular formula is C18H20N2O2SSe. The molecule has 24 heavy (non-hydrogen) atoms. The van der Waals surface area contributed by atoms with Crippen molar-refractivity contribution >= 4 is 32.2 Å². The second-order valence-electron chi connectivity index (χ2n) is 5.50. The summed E-state index contributed by atoms with van der Waals surface area (Å²) < 4.78 is 6.63. The number of aryl methyl sites for hydroxylation is 1. The summed E-state index contributed by atoms with van der Waals surface area (Å²) in [5, 5.41) is 9.96. The number of aromatic nitrogens is 1. The zero-order chi connectivity index (χ0) is 17.7. The molecule has 0 fully saturated rings. The number of benzene rings is 1. The van der Waals surface area contributed by atoms with E-state index in [4.69, 9.17) is 4.74 Å². The summed E-state index contributed by atoms with van der Waals surface area (Å²) in [5.74, 6) is 0.545. The monoisotopic (exact) mass is 408 g/mol. The number of ether oxygens (including phenoxy) is 1. The van der Waals surface area contributed by atoms with Gasteiger partial charge in [0.1, 0.15) is 0 Å². The van der Waals surface area contributed by atoms with Gasteiger partial charge in [0.05, 0.1) is 0 Å². The third kappa shape index (κ3) is 4.51. The number of esters is 1. The van der Waals surface area contributed by atoms with Crippen LogP contribution < -0.4 is 0 Å². The molecule has 0 spiro atoms. The third-order valence-corrected chi connectivity index (χ3v) is 6.94. The Kier molecular flexibility index (Phi) is 6.68. The molecule has 1 aromatic carbocycles. The molecular weight excluding hydrogens is 387 g/mol. The molecule has 2 aromatic rings. The van der Waals surface area contributed by atoms with Crippen molar-refractivity contribution < 1.29 is 9.53 Å². The Balaban J connectivity index is 2.31. The summed E-state index contributed by atoms with van der Waals surface area (Å²) >= 11 is 1.63. The van der Waals surface area contributed by atoms with Gasteiger partial charge in [-0.2, -0.15) is 0 Å². The number of nitrogens with zero attached hydrogens (tertiary/aromatic N) is 2. The molecule has 4 nitrogen and oxygen atoms in total. The SMILES string of the molecule is CCOC(=O)c1[se]c(-c2ccc(CSC(C)C)c(C#N)c2)nc1C. The van der Waals surface area contributed by atoms with E-state index in [1.54, 1.807) is 6.92 Å². The fourth-order valence-corrected chi connectivity index (χ4v) is 4.87. The maximum atomic E-state index is 12.0. The fraction of sp³-hybridized carbons (Fsp3) is 0.389. The Bertz CT molecular complexity index is 778. The molecule has 0 bridgehead atoms. The summed E-state index contributed by atoms with van der Waals surface area (Å²) in [6, 6.07) is 8.17. The molecule has 0 amide bonds. The van der Waals surface area contributed by atoms with E-state index in [2.05, 4.69) is 24.9 Å². The van der Waals surface area contributed by atoms with Crippen molar-refractivity contribution in [2.24, 2.45) is 0 Å². The van der Waals surface area contributed by atoms with Crippen molar-refractivity contribution in [3.05, 3.63) is 39.5 Å². The van der Waals surface area contributed by atoms with Crippen LogP contribution in [0.5, 0.6) is 0 Å². The average Bonchev–Trinajstić information content (AvgIpc) is 2.94. The van der Waals surface area contributed by atoms with Crippen LogP contribution in [0.4, 0.5) is 0 Å². The second-order valence-corrected chi connectivity index (χ2v) is 9.16. The van der Waals surface area contributed by atoms with Gasteiger partial charge in [-0.1, -0.05) is 0 Å². The van der Waals surface area contributed by atoms with Crippen molar-refractivity contribution in [1.29, 1.82) is 5.26 Å². The van der Waals surface area contributed by atoms with Gasteiger partial charge in [-0.3, -0.25) is 0 Å². The fourth-order valence-electron chi connectivity index (χ4n) is 2.10. The molecule has 126 valence electrons. The first-order valence-electron chi connectivity index (χ1n) is 7.75. The van der Waals surface area contributed by atoms with E-state index in [0.29, 0.717) is 21.9 Å². The van der Waals surface area contributed by atoms with Crippen LogP contribution in [0.15, 0.2) is 18.2 Å². The summed E-state index contributed by atoms with van der Waals surface area (Å²) in [6.07, 6.45) is 0. The van der Waals surface area contributed by atoms with Gasteiger partial charge in [-0.05, 0) is 0 Å². The van der Waals surface area contributed by atoms with Gasteiger partial charge in [0.2, 0.25) is 0 Å².